The van der Waals surface area contributed by atoms with Crippen molar-refractivity contribution in [3.8, 4) is 6.07 Å². The number of H-pyrrole nitrogens is 1. The van der Waals surface area contributed by atoms with Crippen molar-refractivity contribution in [3.63, 3.8) is 0 Å². The first-order valence-corrected chi connectivity index (χ1v) is 11.9. The molecule has 0 radical (unpaired) electrons. The van der Waals surface area contributed by atoms with Gasteiger partial charge in [-0.1, -0.05) is 37.3 Å². The molecule has 2 N–H and O–H groups in total. The zero-order valence-electron chi connectivity index (χ0n) is 19.1. The monoisotopic (exact) mass is 442 g/mol. The molecule has 6 nitrogen and oxygen atoms in total. The Labute approximate surface area is 194 Å². The fraction of sp³-hybridized carbons (Fsp3) is 0.407. The number of nitriles is 1. The van der Waals surface area contributed by atoms with Gasteiger partial charge in [-0.2, -0.15) is 5.26 Å². The van der Waals surface area contributed by atoms with Crippen molar-refractivity contribution in [3.05, 3.63) is 64.8 Å². The lowest BCUT2D eigenvalue weighted by Gasteiger charge is -2.35. The molecule has 0 saturated carbocycles. The Bertz CT molecular complexity index is 1190. The highest BCUT2D eigenvalue weighted by atomic mass is 16.5. The molecule has 2 atom stereocenters. The molecule has 170 valence electrons. The number of hydrogen-bond acceptors (Lipinski definition) is 4. The summed E-state index contributed by atoms with van der Waals surface area (Å²) in [7, 11) is 0. The number of carbonyl (C=O) groups is 1. The molecule has 0 bridgehead atoms. The van der Waals surface area contributed by atoms with E-state index in [1.807, 2.05) is 36.4 Å². The SMILES string of the molecule is CC1CCc2c([nH]c3c(C#N)ccc(N4CCCC(NC(=O)OCc5ccccc5)C4)c23)C1. The number of nitrogens with one attached hydrogen (secondary N) is 2. The molecule has 2 aromatic carbocycles. The zero-order valence-corrected chi connectivity index (χ0v) is 19.1. The molecule has 6 heteroatoms. The lowest BCUT2D eigenvalue weighted by molar-refractivity contribution is 0.134. The van der Waals surface area contributed by atoms with Crippen molar-refractivity contribution in [2.24, 2.45) is 5.92 Å². The summed E-state index contributed by atoms with van der Waals surface area (Å²) in [4.78, 5) is 18.4. The van der Waals surface area contributed by atoms with Crippen molar-refractivity contribution >= 4 is 22.7 Å². The van der Waals surface area contributed by atoms with Crippen LogP contribution in [0.2, 0.25) is 0 Å². The van der Waals surface area contributed by atoms with E-state index in [0.29, 0.717) is 11.5 Å². The van der Waals surface area contributed by atoms with Gasteiger partial charge < -0.3 is 19.9 Å². The van der Waals surface area contributed by atoms with Crippen LogP contribution >= 0.6 is 0 Å². The van der Waals surface area contributed by atoms with Crippen molar-refractivity contribution in [1.82, 2.24) is 10.3 Å². The highest BCUT2D eigenvalue weighted by molar-refractivity contribution is 5.99. The Hall–Kier alpha value is -3.46. The molecule has 2 aliphatic rings. The number of fused-ring (bicyclic) bond motifs is 3. The molecule has 3 aromatic rings. The first kappa shape index (κ1) is 21.4. The molecule has 2 unspecified atom stereocenters. The minimum atomic E-state index is -0.372. The summed E-state index contributed by atoms with van der Waals surface area (Å²) in [6.45, 7) is 4.23. The molecule has 5 rings (SSSR count). The summed E-state index contributed by atoms with van der Waals surface area (Å²) in [5.41, 5.74) is 6.46. The summed E-state index contributed by atoms with van der Waals surface area (Å²) < 4.78 is 5.43. The second kappa shape index (κ2) is 9.19. The van der Waals surface area contributed by atoms with Crippen LogP contribution in [0.4, 0.5) is 10.5 Å². The number of benzene rings is 2. The molecule has 1 aromatic heterocycles. The zero-order chi connectivity index (χ0) is 22.8. The Morgan fingerprint density at radius 2 is 2.09 bits per heavy atom. The summed E-state index contributed by atoms with van der Waals surface area (Å²) >= 11 is 0. The number of aryl methyl sites for hydroxylation is 1. The summed E-state index contributed by atoms with van der Waals surface area (Å²) in [6, 6.07) is 16.1. The number of nitrogens with zero attached hydrogens (tertiary/aromatic N) is 2. The van der Waals surface area contributed by atoms with E-state index in [2.05, 4.69) is 34.3 Å². The largest absolute Gasteiger partial charge is 0.445 e. The molecule has 33 heavy (non-hydrogen) atoms. The van der Waals surface area contributed by atoms with Gasteiger partial charge in [0.05, 0.1) is 11.1 Å². The second-order valence-electron chi connectivity index (χ2n) is 9.42. The minimum absolute atomic E-state index is 0.0301. The predicted molar refractivity (Wildman–Crippen MR) is 129 cm³/mol. The van der Waals surface area contributed by atoms with Crippen LogP contribution in [0.5, 0.6) is 0 Å². The van der Waals surface area contributed by atoms with Gasteiger partial charge in [0.25, 0.3) is 0 Å². The lowest BCUT2D eigenvalue weighted by atomic mass is 9.87. The van der Waals surface area contributed by atoms with E-state index in [0.717, 1.165) is 49.9 Å². The van der Waals surface area contributed by atoms with Crippen molar-refractivity contribution in [2.45, 2.75) is 51.7 Å². The number of anilines is 1. The molecule has 1 amide bonds. The quantitative estimate of drug-likeness (QED) is 0.592. The van der Waals surface area contributed by atoms with Crippen LogP contribution < -0.4 is 10.2 Å². The number of hydrogen-bond donors (Lipinski definition) is 2. The number of alkyl carbamates (subject to hydrolysis) is 1. The van der Waals surface area contributed by atoms with E-state index in [-0.39, 0.29) is 18.7 Å². The third-order valence-corrected chi connectivity index (χ3v) is 6.98. The van der Waals surface area contributed by atoms with Crippen molar-refractivity contribution in [1.29, 1.82) is 5.26 Å². The maximum atomic E-state index is 12.4. The van der Waals surface area contributed by atoms with E-state index in [1.165, 1.54) is 28.8 Å². The molecule has 1 aliphatic carbocycles. The van der Waals surface area contributed by atoms with E-state index < -0.39 is 0 Å². The lowest BCUT2D eigenvalue weighted by Crippen LogP contribution is -2.48. The first-order valence-electron chi connectivity index (χ1n) is 11.9. The fourth-order valence-corrected chi connectivity index (χ4v) is 5.30. The highest BCUT2D eigenvalue weighted by Crippen LogP contribution is 2.39. The molecule has 1 fully saturated rings. The standard InChI is InChI=1S/C27H30N4O2/c1-18-9-11-22-23(14-18)30-26-20(15-28)10-12-24(25(22)26)31-13-5-8-21(16-31)29-27(32)33-17-19-6-3-2-4-7-19/h2-4,6-7,10,12,18,21,30H,5,8-9,11,13-14,16-17H2,1H3,(H,29,32). The second-order valence-corrected chi connectivity index (χ2v) is 9.42. The molecule has 1 aliphatic heterocycles. The average Bonchev–Trinajstić information content (AvgIpc) is 3.21. The number of aromatic amines is 1. The predicted octanol–water partition coefficient (Wildman–Crippen LogP) is 5.06. The van der Waals surface area contributed by atoms with E-state index in [4.69, 9.17) is 4.74 Å². The number of carbonyl (C=O) groups excluding carboxylic acids is 1. The van der Waals surface area contributed by atoms with Crippen LogP contribution in [0.3, 0.4) is 0 Å². The van der Waals surface area contributed by atoms with Crippen LogP contribution in [-0.2, 0) is 24.2 Å². The molecular formula is C27H30N4O2. The van der Waals surface area contributed by atoms with Gasteiger partial charge in [0.2, 0.25) is 0 Å². The van der Waals surface area contributed by atoms with Crippen LogP contribution in [-0.4, -0.2) is 30.2 Å². The van der Waals surface area contributed by atoms with Crippen molar-refractivity contribution in [2.75, 3.05) is 18.0 Å². The van der Waals surface area contributed by atoms with Gasteiger partial charge in [-0.05, 0) is 61.3 Å². The Morgan fingerprint density at radius 3 is 2.91 bits per heavy atom. The molecule has 1 saturated heterocycles. The van der Waals surface area contributed by atoms with Gasteiger partial charge >= 0.3 is 6.09 Å². The van der Waals surface area contributed by atoms with Gasteiger partial charge in [-0.15, -0.1) is 0 Å². The summed E-state index contributed by atoms with van der Waals surface area (Å²) in [5, 5.41) is 13.9. The number of piperidine rings is 1. The third-order valence-electron chi connectivity index (χ3n) is 6.98. The third kappa shape index (κ3) is 4.41. The van der Waals surface area contributed by atoms with Crippen LogP contribution in [0.25, 0.3) is 10.9 Å². The van der Waals surface area contributed by atoms with E-state index in [1.54, 1.807) is 0 Å². The first-order chi connectivity index (χ1) is 16.1. The average molecular weight is 443 g/mol. The Kier molecular flexibility index (Phi) is 5.95. The summed E-state index contributed by atoms with van der Waals surface area (Å²) in [6.07, 6.45) is 4.80. The summed E-state index contributed by atoms with van der Waals surface area (Å²) in [5.74, 6) is 0.657. The normalized spacial score (nSPS) is 20.2. The van der Waals surface area contributed by atoms with E-state index in [9.17, 15) is 10.1 Å². The molecule has 2 heterocycles. The van der Waals surface area contributed by atoms with Crippen LogP contribution in [0.1, 0.15) is 48.6 Å². The van der Waals surface area contributed by atoms with Gasteiger partial charge in [0, 0.05) is 35.9 Å². The molecule has 0 spiro atoms. The van der Waals surface area contributed by atoms with Crippen LogP contribution in [0.15, 0.2) is 42.5 Å². The smallest absolute Gasteiger partial charge is 0.407 e. The number of rotatable bonds is 4. The van der Waals surface area contributed by atoms with Gasteiger partial charge in [0.1, 0.15) is 12.7 Å². The van der Waals surface area contributed by atoms with Gasteiger partial charge in [0.15, 0.2) is 0 Å². The number of ether oxygens (including phenoxy) is 1. The molecular weight excluding hydrogens is 412 g/mol. The van der Waals surface area contributed by atoms with Crippen molar-refractivity contribution < 1.29 is 9.53 Å². The van der Waals surface area contributed by atoms with Gasteiger partial charge in [-0.3, -0.25) is 0 Å². The highest BCUT2D eigenvalue weighted by Gasteiger charge is 2.27. The number of aromatic nitrogens is 1. The van der Waals surface area contributed by atoms with Crippen LogP contribution in [0, 0.1) is 17.2 Å². The Morgan fingerprint density at radius 1 is 1.24 bits per heavy atom. The Balaban J connectivity index is 1.34. The maximum Gasteiger partial charge on any atom is 0.407 e. The number of amides is 1. The van der Waals surface area contributed by atoms with Gasteiger partial charge in [-0.25, -0.2) is 4.79 Å². The maximum absolute atomic E-state index is 12.4. The topological polar surface area (TPSA) is 81.2 Å². The fourth-order valence-electron chi connectivity index (χ4n) is 5.30. The minimum Gasteiger partial charge on any atom is -0.445 e. The van der Waals surface area contributed by atoms with E-state index >= 15 is 0 Å².